The van der Waals surface area contributed by atoms with Gasteiger partial charge in [0.15, 0.2) is 5.78 Å². The molecule has 17 heteroatoms. The number of ketones is 1. The predicted octanol–water partition coefficient (Wildman–Crippen LogP) is 4.01. The molecule has 0 unspecified atom stereocenters. The standard InChI is InChI=1S/C53H60N2O14S/c56-35-44-47(58)48(59)49(60)53(69-44)70-33-32-67-30-31-68-52(63)42-21-20-41(34-43(42)45(36-10-4-1-5-11-36)37-12-6-2-7-13-37)51(62)55-23-25-65-27-29-66-28-26-64-24-22-54-50(61)40-18-16-39(17-19-40)46(57)38-14-8-3-9-15-38/h1-21,34,44-45,47-49,53,56,58-60H,22-33,35H2,(H,54,61)(H,55,62)/t44-,47+,48+,49-,53+/m1/s1. The molecule has 1 aliphatic rings. The molecule has 70 heavy (non-hydrogen) atoms. The zero-order chi connectivity index (χ0) is 49.5. The minimum Gasteiger partial charge on any atom is -0.460 e. The fraction of sp³-hybridized carbons (Fsp3) is 0.358. The van der Waals surface area contributed by atoms with Crippen molar-refractivity contribution in [2.24, 2.45) is 0 Å². The number of hydrogen-bond acceptors (Lipinski definition) is 15. The number of hydrogen-bond donors (Lipinski definition) is 6. The third-order valence-corrected chi connectivity index (χ3v) is 12.3. The SMILES string of the molecule is O=C(NCCOCCOCCOCCNC(=O)c1ccc(C(=O)OCCOCCS[C@@H]2O[C@H](CO)[C@H](O)[C@H](O)[C@H]2O)c(C(c2ccccc2)c2ccccc2)c1)c1ccc(C(=O)c2ccccc2)cc1. The minimum atomic E-state index is -1.46. The summed E-state index contributed by atoms with van der Waals surface area (Å²) in [6, 6.07) is 39.7. The van der Waals surface area contributed by atoms with Crippen molar-refractivity contribution < 1.29 is 68.0 Å². The van der Waals surface area contributed by atoms with Crippen LogP contribution < -0.4 is 10.6 Å². The molecule has 1 saturated heterocycles. The monoisotopic (exact) mass is 980 g/mol. The number of aliphatic hydroxyl groups is 4. The van der Waals surface area contributed by atoms with Crippen LogP contribution in [0.3, 0.4) is 0 Å². The highest BCUT2D eigenvalue weighted by Gasteiger charge is 2.43. The summed E-state index contributed by atoms with van der Waals surface area (Å²) < 4.78 is 33.6. The highest BCUT2D eigenvalue weighted by Crippen LogP contribution is 2.35. The van der Waals surface area contributed by atoms with Crippen LogP contribution >= 0.6 is 11.8 Å². The number of nitrogens with one attached hydrogen (secondary N) is 2. The van der Waals surface area contributed by atoms with E-state index in [4.69, 9.17) is 28.4 Å². The van der Waals surface area contributed by atoms with Crippen LogP contribution in [-0.2, 0) is 28.4 Å². The Labute approximate surface area is 411 Å². The minimum absolute atomic E-state index is 0.0635. The van der Waals surface area contributed by atoms with Gasteiger partial charge in [0.05, 0.1) is 65.0 Å². The molecule has 2 amide bonds. The van der Waals surface area contributed by atoms with Gasteiger partial charge in [-0.15, -0.1) is 11.8 Å². The number of rotatable bonds is 28. The van der Waals surface area contributed by atoms with Gasteiger partial charge in [0, 0.05) is 47.0 Å². The molecule has 0 saturated carbocycles. The average Bonchev–Trinajstić information content (AvgIpc) is 3.40. The van der Waals surface area contributed by atoms with Gasteiger partial charge >= 0.3 is 5.97 Å². The number of amides is 2. The fourth-order valence-electron chi connectivity index (χ4n) is 7.52. The summed E-state index contributed by atoms with van der Waals surface area (Å²) in [6.07, 6.45) is -5.24. The Morgan fingerprint density at radius 1 is 0.543 bits per heavy atom. The van der Waals surface area contributed by atoms with Crippen molar-refractivity contribution in [2.45, 2.75) is 35.8 Å². The third-order valence-electron chi connectivity index (χ3n) is 11.2. The van der Waals surface area contributed by atoms with E-state index in [2.05, 4.69) is 10.6 Å². The molecule has 1 aliphatic heterocycles. The summed E-state index contributed by atoms with van der Waals surface area (Å²) in [4.78, 5) is 52.4. The fourth-order valence-corrected chi connectivity index (χ4v) is 8.55. The highest BCUT2D eigenvalue weighted by molar-refractivity contribution is 7.99. The van der Waals surface area contributed by atoms with Crippen LogP contribution in [-0.4, -0.2) is 159 Å². The maximum Gasteiger partial charge on any atom is 0.338 e. The molecule has 5 aromatic rings. The molecule has 5 atom stereocenters. The van der Waals surface area contributed by atoms with Crippen molar-refractivity contribution in [3.8, 4) is 0 Å². The number of aliphatic hydroxyl groups excluding tert-OH is 4. The lowest BCUT2D eigenvalue weighted by Crippen LogP contribution is -2.57. The third kappa shape index (κ3) is 15.8. The lowest BCUT2D eigenvalue weighted by Gasteiger charge is -2.39. The Kier molecular flexibility index (Phi) is 22.0. The summed E-state index contributed by atoms with van der Waals surface area (Å²) in [5.41, 5.74) is 3.67. The molecule has 1 heterocycles. The Balaban J connectivity index is 0.900. The summed E-state index contributed by atoms with van der Waals surface area (Å²) in [5.74, 6) is -1.39. The van der Waals surface area contributed by atoms with Gasteiger partial charge in [-0.2, -0.15) is 0 Å². The Morgan fingerprint density at radius 2 is 1.03 bits per heavy atom. The van der Waals surface area contributed by atoms with E-state index in [1.165, 1.54) is 0 Å². The first-order valence-electron chi connectivity index (χ1n) is 23.1. The van der Waals surface area contributed by atoms with E-state index in [1.54, 1.807) is 66.7 Å². The summed E-state index contributed by atoms with van der Waals surface area (Å²) in [5, 5.41) is 45.4. The summed E-state index contributed by atoms with van der Waals surface area (Å²) in [6.45, 7) is 2.02. The molecule has 372 valence electrons. The van der Waals surface area contributed by atoms with Crippen LogP contribution in [0.2, 0.25) is 0 Å². The van der Waals surface area contributed by atoms with Crippen LogP contribution in [0.5, 0.6) is 0 Å². The van der Waals surface area contributed by atoms with Gasteiger partial charge in [0.2, 0.25) is 0 Å². The van der Waals surface area contributed by atoms with Crippen LogP contribution in [0.25, 0.3) is 0 Å². The molecule has 5 aromatic carbocycles. The van der Waals surface area contributed by atoms with E-state index in [1.807, 2.05) is 66.7 Å². The van der Waals surface area contributed by atoms with E-state index < -0.39 is 48.3 Å². The van der Waals surface area contributed by atoms with Crippen LogP contribution in [0, 0.1) is 0 Å². The summed E-state index contributed by atoms with van der Waals surface area (Å²) in [7, 11) is 0. The molecular formula is C53H60N2O14S. The molecule has 6 rings (SSSR count). The van der Waals surface area contributed by atoms with Gasteiger partial charge in [-0.25, -0.2) is 4.79 Å². The van der Waals surface area contributed by atoms with Crippen LogP contribution in [0.15, 0.2) is 133 Å². The van der Waals surface area contributed by atoms with E-state index in [0.29, 0.717) is 73.1 Å². The quantitative estimate of drug-likeness (QED) is 0.0180. The van der Waals surface area contributed by atoms with Gasteiger partial charge in [0.25, 0.3) is 11.8 Å². The molecular weight excluding hydrogens is 921 g/mol. The van der Waals surface area contributed by atoms with Gasteiger partial charge < -0.3 is 59.5 Å². The topological polar surface area (TPSA) is 229 Å². The smallest absolute Gasteiger partial charge is 0.338 e. The zero-order valence-corrected chi connectivity index (χ0v) is 39.5. The molecule has 0 aromatic heterocycles. The van der Waals surface area contributed by atoms with E-state index in [-0.39, 0.29) is 56.1 Å². The first-order chi connectivity index (χ1) is 34.2. The molecule has 0 bridgehead atoms. The lowest BCUT2D eigenvalue weighted by atomic mass is 9.82. The predicted molar refractivity (Wildman–Crippen MR) is 261 cm³/mol. The number of thioether (sulfide) groups is 1. The Morgan fingerprint density at radius 3 is 1.61 bits per heavy atom. The summed E-state index contributed by atoms with van der Waals surface area (Å²) >= 11 is 1.16. The van der Waals surface area contributed by atoms with Gasteiger partial charge in [-0.1, -0.05) is 103 Å². The molecule has 0 spiro atoms. The van der Waals surface area contributed by atoms with E-state index >= 15 is 0 Å². The zero-order valence-electron chi connectivity index (χ0n) is 38.6. The molecule has 0 aliphatic carbocycles. The first kappa shape index (κ1) is 53.5. The van der Waals surface area contributed by atoms with Crippen molar-refractivity contribution in [2.75, 3.05) is 84.9 Å². The van der Waals surface area contributed by atoms with Crippen molar-refractivity contribution in [3.05, 3.63) is 178 Å². The average molecular weight is 981 g/mol. The number of esters is 1. The Bertz CT molecular complexity index is 2340. The second kappa shape index (κ2) is 28.7. The highest BCUT2D eigenvalue weighted by atomic mass is 32.2. The molecule has 0 radical (unpaired) electrons. The van der Waals surface area contributed by atoms with E-state index in [0.717, 1.165) is 22.9 Å². The van der Waals surface area contributed by atoms with E-state index in [9.17, 15) is 39.6 Å². The maximum absolute atomic E-state index is 13.7. The van der Waals surface area contributed by atoms with Crippen LogP contribution in [0.4, 0.5) is 0 Å². The lowest BCUT2D eigenvalue weighted by molar-refractivity contribution is -0.205. The largest absolute Gasteiger partial charge is 0.460 e. The maximum atomic E-state index is 13.7. The van der Waals surface area contributed by atoms with Crippen molar-refractivity contribution in [1.82, 2.24) is 10.6 Å². The van der Waals surface area contributed by atoms with Gasteiger partial charge in [-0.05, 0) is 47.0 Å². The second-order valence-corrected chi connectivity index (χ2v) is 17.2. The number of carbonyl (C=O) groups is 4. The number of benzene rings is 5. The number of carbonyl (C=O) groups excluding carboxylic acids is 4. The van der Waals surface area contributed by atoms with Crippen molar-refractivity contribution >= 4 is 35.3 Å². The molecule has 1 fully saturated rings. The number of ether oxygens (including phenoxy) is 6. The van der Waals surface area contributed by atoms with Crippen LogP contribution in [0.1, 0.15) is 69.6 Å². The van der Waals surface area contributed by atoms with Gasteiger partial charge in [0.1, 0.15) is 36.5 Å². The normalized spacial score (nSPS) is 17.8. The Hall–Kier alpha value is -5.83. The molecule has 16 nitrogen and oxygen atoms in total. The van der Waals surface area contributed by atoms with Crippen molar-refractivity contribution in [3.63, 3.8) is 0 Å². The second-order valence-electron chi connectivity index (χ2n) is 16.0. The first-order valence-corrected chi connectivity index (χ1v) is 24.1. The van der Waals surface area contributed by atoms with Crippen molar-refractivity contribution in [1.29, 1.82) is 0 Å². The molecule has 6 N–H and O–H groups in total. The van der Waals surface area contributed by atoms with Gasteiger partial charge in [-0.3, -0.25) is 14.4 Å².